The summed E-state index contributed by atoms with van der Waals surface area (Å²) in [4.78, 5) is 6.59. The van der Waals surface area contributed by atoms with E-state index in [-0.39, 0.29) is 6.10 Å². The predicted molar refractivity (Wildman–Crippen MR) is 90.0 cm³/mol. The van der Waals surface area contributed by atoms with Crippen LogP contribution in [0, 0.1) is 0 Å². The van der Waals surface area contributed by atoms with Crippen LogP contribution in [0.15, 0.2) is 35.8 Å². The van der Waals surface area contributed by atoms with E-state index >= 15 is 0 Å². The summed E-state index contributed by atoms with van der Waals surface area (Å²) >= 11 is 1.69. The first-order chi connectivity index (χ1) is 10.9. The molecule has 0 radical (unpaired) electrons. The zero-order valence-corrected chi connectivity index (χ0v) is 13.4. The van der Waals surface area contributed by atoms with Gasteiger partial charge in [0.1, 0.15) is 11.9 Å². The highest BCUT2D eigenvalue weighted by Crippen LogP contribution is 2.29. The summed E-state index contributed by atoms with van der Waals surface area (Å²) in [5, 5.41) is 6.53. The van der Waals surface area contributed by atoms with Gasteiger partial charge in [-0.15, -0.1) is 11.3 Å². The third-order valence-electron chi connectivity index (χ3n) is 4.53. The third kappa shape index (κ3) is 2.96. The maximum atomic E-state index is 6.04. The standard InChI is InChI=1S/C17H21N3OS/c1-3-15(4-2-13(1)14-5-7-18-8-6-14)21-16-11-20(12-16)17-19-9-10-22-17/h1-4,9-10,14,16,18H,5-8,11-12H2. The van der Waals surface area contributed by atoms with Crippen molar-refractivity contribution in [2.24, 2.45) is 0 Å². The zero-order chi connectivity index (χ0) is 14.8. The second kappa shape index (κ2) is 6.26. The quantitative estimate of drug-likeness (QED) is 0.941. The second-order valence-electron chi connectivity index (χ2n) is 6.05. The van der Waals surface area contributed by atoms with Gasteiger partial charge in [-0.2, -0.15) is 0 Å². The summed E-state index contributed by atoms with van der Waals surface area (Å²) in [6.45, 7) is 4.14. The lowest BCUT2D eigenvalue weighted by atomic mass is 9.90. The van der Waals surface area contributed by atoms with Gasteiger partial charge in [0.15, 0.2) is 5.13 Å². The number of nitrogens with zero attached hydrogens (tertiary/aromatic N) is 2. The first-order valence-corrected chi connectivity index (χ1v) is 8.88. The average molecular weight is 315 g/mol. The van der Waals surface area contributed by atoms with Crippen LogP contribution in [0.2, 0.25) is 0 Å². The van der Waals surface area contributed by atoms with Crippen molar-refractivity contribution in [3.05, 3.63) is 41.4 Å². The van der Waals surface area contributed by atoms with Gasteiger partial charge >= 0.3 is 0 Å². The molecule has 1 N–H and O–H groups in total. The van der Waals surface area contributed by atoms with Gasteiger partial charge in [-0.3, -0.25) is 0 Å². The Bertz CT molecular complexity index is 587. The molecule has 5 heteroatoms. The van der Waals surface area contributed by atoms with E-state index in [4.69, 9.17) is 4.74 Å². The smallest absolute Gasteiger partial charge is 0.185 e. The first-order valence-electron chi connectivity index (χ1n) is 8.00. The van der Waals surface area contributed by atoms with E-state index in [1.165, 1.54) is 18.4 Å². The molecule has 116 valence electrons. The van der Waals surface area contributed by atoms with Crippen molar-refractivity contribution in [2.75, 3.05) is 31.1 Å². The van der Waals surface area contributed by atoms with Gasteiger partial charge in [0.2, 0.25) is 0 Å². The molecule has 4 nitrogen and oxygen atoms in total. The number of hydrogen-bond donors (Lipinski definition) is 1. The van der Waals surface area contributed by atoms with Crippen LogP contribution in [0.3, 0.4) is 0 Å². The minimum absolute atomic E-state index is 0.286. The van der Waals surface area contributed by atoms with Gasteiger partial charge in [-0.25, -0.2) is 4.98 Å². The van der Waals surface area contributed by atoms with E-state index < -0.39 is 0 Å². The number of benzene rings is 1. The van der Waals surface area contributed by atoms with Crippen molar-refractivity contribution in [2.45, 2.75) is 24.9 Å². The lowest BCUT2D eigenvalue weighted by Gasteiger charge is -2.38. The van der Waals surface area contributed by atoms with Crippen molar-refractivity contribution >= 4 is 16.5 Å². The van der Waals surface area contributed by atoms with E-state index in [9.17, 15) is 0 Å². The zero-order valence-electron chi connectivity index (χ0n) is 12.6. The highest BCUT2D eigenvalue weighted by molar-refractivity contribution is 7.13. The monoisotopic (exact) mass is 315 g/mol. The summed E-state index contributed by atoms with van der Waals surface area (Å²) in [5.74, 6) is 1.70. The van der Waals surface area contributed by atoms with E-state index in [2.05, 4.69) is 39.5 Å². The van der Waals surface area contributed by atoms with E-state index in [0.29, 0.717) is 5.92 Å². The van der Waals surface area contributed by atoms with Crippen LogP contribution in [0.1, 0.15) is 24.3 Å². The molecule has 2 fully saturated rings. The van der Waals surface area contributed by atoms with Gasteiger partial charge < -0.3 is 15.0 Å². The number of thiazole rings is 1. The first kappa shape index (κ1) is 14.0. The fraction of sp³-hybridized carbons (Fsp3) is 0.471. The van der Waals surface area contributed by atoms with Crippen LogP contribution in [-0.4, -0.2) is 37.3 Å². The molecule has 1 aromatic heterocycles. The number of rotatable bonds is 4. The number of ether oxygens (including phenoxy) is 1. The fourth-order valence-corrected chi connectivity index (χ4v) is 3.87. The molecule has 22 heavy (non-hydrogen) atoms. The Balaban J connectivity index is 1.31. The molecule has 1 aromatic carbocycles. The molecule has 2 aromatic rings. The summed E-state index contributed by atoms with van der Waals surface area (Å²) < 4.78 is 6.04. The van der Waals surface area contributed by atoms with Crippen molar-refractivity contribution in [1.82, 2.24) is 10.3 Å². The molecule has 3 heterocycles. The number of nitrogens with one attached hydrogen (secondary N) is 1. The molecule has 2 aliphatic rings. The molecule has 2 aliphatic heterocycles. The van der Waals surface area contributed by atoms with Crippen LogP contribution >= 0.6 is 11.3 Å². The molecule has 0 unspecified atom stereocenters. The fourth-order valence-electron chi connectivity index (χ4n) is 3.21. The number of piperidine rings is 1. The van der Waals surface area contributed by atoms with Gasteiger partial charge in [-0.1, -0.05) is 12.1 Å². The number of anilines is 1. The van der Waals surface area contributed by atoms with Crippen LogP contribution in [0.5, 0.6) is 5.75 Å². The molecule has 4 rings (SSSR count). The van der Waals surface area contributed by atoms with Gasteiger partial charge in [0.05, 0.1) is 13.1 Å². The van der Waals surface area contributed by atoms with Crippen molar-refractivity contribution in [1.29, 1.82) is 0 Å². The molecule has 2 saturated heterocycles. The molecule has 0 spiro atoms. The Kier molecular flexibility index (Phi) is 3.99. The molecule has 0 saturated carbocycles. The summed E-state index contributed by atoms with van der Waals surface area (Å²) in [7, 11) is 0. The minimum Gasteiger partial charge on any atom is -0.487 e. The van der Waals surface area contributed by atoms with Crippen LogP contribution in [0.4, 0.5) is 5.13 Å². The Hall–Kier alpha value is -1.59. The Morgan fingerprint density at radius 3 is 2.59 bits per heavy atom. The number of aromatic nitrogens is 1. The Morgan fingerprint density at radius 2 is 1.91 bits per heavy atom. The maximum Gasteiger partial charge on any atom is 0.185 e. The largest absolute Gasteiger partial charge is 0.487 e. The van der Waals surface area contributed by atoms with Crippen molar-refractivity contribution < 1.29 is 4.74 Å². The van der Waals surface area contributed by atoms with Crippen molar-refractivity contribution in [3.63, 3.8) is 0 Å². The van der Waals surface area contributed by atoms with Crippen molar-refractivity contribution in [3.8, 4) is 5.75 Å². The minimum atomic E-state index is 0.286. The van der Waals surface area contributed by atoms with E-state index in [0.717, 1.165) is 37.1 Å². The summed E-state index contributed by atoms with van der Waals surface area (Å²) in [5.41, 5.74) is 1.45. The van der Waals surface area contributed by atoms with Crippen LogP contribution in [0.25, 0.3) is 0 Å². The van der Waals surface area contributed by atoms with Crippen LogP contribution in [-0.2, 0) is 0 Å². The molecular formula is C17H21N3OS. The second-order valence-corrected chi connectivity index (χ2v) is 6.93. The van der Waals surface area contributed by atoms with Gasteiger partial charge in [-0.05, 0) is 49.5 Å². The molecular weight excluding hydrogens is 294 g/mol. The molecule has 0 bridgehead atoms. The normalized spacial score (nSPS) is 19.9. The highest BCUT2D eigenvalue weighted by atomic mass is 32.1. The lowest BCUT2D eigenvalue weighted by molar-refractivity contribution is 0.167. The highest BCUT2D eigenvalue weighted by Gasteiger charge is 2.30. The SMILES string of the molecule is c1csc(N2CC(Oc3ccc(C4CCNCC4)cc3)C2)n1. The third-order valence-corrected chi connectivity index (χ3v) is 5.36. The average Bonchev–Trinajstić information content (AvgIpc) is 3.06. The Labute approximate surface area is 135 Å². The van der Waals surface area contributed by atoms with E-state index in [1.807, 2.05) is 11.6 Å². The van der Waals surface area contributed by atoms with Crippen LogP contribution < -0.4 is 15.0 Å². The summed E-state index contributed by atoms with van der Waals surface area (Å²) in [6, 6.07) is 8.73. The topological polar surface area (TPSA) is 37.4 Å². The van der Waals surface area contributed by atoms with Gasteiger partial charge in [0.25, 0.3) is 0 Å². The lowest BCUT2D eigenvalue weighted by Crippen LogP contribution is -2.53. The summed E-state index contributed by atoms with van der Waals surface area (Å²) in [6.07, 6.45) is 4.62. The maximum absolute atomic E-state index is 6.04. The molecule has 0 aliphatic carbocycles. The Morgan fingerprint density at radius 1 is 1.14 bits per heavy atom. The van der Waals surface area contributed by atoms with E-state index in [1.54, 1.807) is 11.3 Å². The van der Waals surface area contributed by atoms with Gasteiger partial charge in [0, 0.05) is 11.6 Å². The molecule has 0 atom stereocenters. The predicted octanol–water partition coefficient (Wildman–Crippen LogP) is 2.88. The number of hydrogen-bond acceptors (Lipinski definition) is 5. The molecule has 0 amide bonds.